The molecule has 0 spiro atoms. The lowest BCUT2D eigenvalue weighted by atomic mass is 10.0. The predicted octanol–water partition coefficient (Wildman–Crippen LogP) is 1.91. The second kappa shape index (κ2) is 6.41. The van der Waals surface area contributed by atoms with Gasteiger partial charge in [0.15, 0.2) is 6.39 Å². The fourth-order valence-corrected chi connectivity index (χ4v) is 2.11. The van der Waals surface area contributed by atoms with Crippen molar-refractivity contribution in [1.29, 1.82) is 0 Å². The molecule has 1 aliphatic heterocycles. The summed E-state index contributed by atoms with van der Waals surface area (Å²) in [6, 6.07) is 4.60. The highest BCUT2D eigenvalue weighted by atomic mass is 16.6. The first-order chi connectivity index (χ1) is 11.5. The van der Waals surface area contributed by atoms with Crippen LogP contribution in [0.4, 0.5) is 10.5 Å². The summed E-state index contributed by atoms with van der Waals surface area (Å²) in [7, 11) is 0. The molecule has 1 aliphatic rings. The van der Waals surface area contributed by atoms with E-state index in [1.807, 2.05) is 0 Å². The number of hydrogen-bond acceptors (Lipinski definition) is 7. The molecule has 0 unspecified atom stereocenters. The molecule has 9 nitrogen and oxygen atoms in total. The molecule has 0 radical (unpaired) electrons. The number of nitrogens with zero attached hydrogens (tertiary/aromatic N) is 2. The molecule has 0 aliphatic carbocycles. The van der Waals surface area contributed by atoms with Gasteiger partial charge in [-0.1, -0.05) is 0 Å². The fraction of sp³-hybridized carbons (Fsp3) is 0.200. The van der Waals surface area contributed by atoms with E-state index in [2.05, 4.69) is 20.8 Å². The van der Waals surface area contributed by atoms with Crippen molar-refractivity contribution in [3.63, 3.8) is 0 Å². The number of anilines is 1. The van der Waals surface area contributed by atoms with Crippen LogP contribution < -0.4 is 15.5 Å². The summed E-state index contributed by atoms with van der Waals surface area (Å²) in [5, 5.41) is 16.3. The predicted molar refractivity (Wildman–Crippen MR) is 82.9 cm³/mol. The number of hydrogen-bond donors (Lipinski definition) is 3. The van der Waals surface area contributed by atoms with Crippen LogP contribution >= 0.6 is 0 Å². The molecule has 3 rings (SSSR count). The number of aromatic nitrogens is 1. The molecule has 24 heavy (non-hydrogen) atoms. The number of ether oxygens (including phenoxy) is 1. The minimum Gasteiger partial charge on any atom is -0.506 e. The summed E-state index contributed by atoms with van der Waals surface area (Å²) >= 11 is 0. The van der Waals surface area contributed by atoms with Crippen LogP contribution in [0.15, 0.2) is 34.1 Å². The van der Waals surface area contributed by atoms with Crippen molar-refractivity contribution in [3.05, 3.63) is 35.9 Å². The molecule has 2 heterocycles. The van der Waals surface area contributed by atoms with E-state index >= 15 is 0 Å². The van der Waals surface area contributed by atoms with E-state index in [4.69, 9.17) is 9.15 Å². The topological polar surface area (TPSA) is 126 Å². The monoisotopic (exact) mass is 330 g/mol. The van der Waals surface area contributed by atoms with Gasteiger partial charge >= 0.3 is 12.0 Å². The average molecular weight is 330 g/mol. The number of hydrazone groups is 1. The summed E-state index contributed by atoms with van der Waals surface area (Å²) in [4.78, 5) is 26.8. The van der Waals surface area contributed by atoms with Crippen molar-refractivity contribution in [1.82, 2.24) is 10.4 Å². The van der Waals surface area contributed by atoms with E-state index in [9.17, 15) is 14.7 Å². The van der Waals surface area contributed by atoms with Gasteiger partial charge in [-0.05, 0) is 25.1 Å². The maximum Gasteiger partial charge on any atom is 0.419 e. The van der Waals surface area contributed by atoms with Crippen molar-refractivity contribution in [3.8, 4) is 11.7 Å². The number of oxazole rings is 1. The normalized spacial score (nSPS) is 13.9. The number of amides is 2. The van der Waals surface area contributed by atoms with E-state index in [0.29, 0.717) is 29.8 Å². The maximum atomic E-state index is 11.9. The first-order valence-corrected chi connectivity index (χ1v) is 7.10. The van der Waals surface area contributed by atoms with Crippen molar-refractivity contribution < 1.29 is 23.8 Å². The first-order valence-electron chi connectivity index (χ1n) is 7.10. The zero-order chi connectivity index (χ0) is 17.1. The van der Waals surface area contributed by atoms with Crippen molar-refractivity contribution in [2.75, 3.05) is 5.32 Å². The van der Waals surface area contributed by atoms with Crippen LogP contribution in [0.5, 0.6) is 11.7 Å². The lowest BCUT2D eigenvalue weighted by molar-refractivity contribution is -0.121. The van der Waals surface area contributed by atoms with Gasteiger partial charge in [0.2, 0.25) is 5.91 Å². The van der Waals surface area contributed by atoms with Gasteiger partial charge in [-0.2, -0.15) is 5.10 Å². The van der Waals surface area contributed by atoms with Crippen LogP contribution in [0.1, 0.15) is 24.1 Å². The van der Waals surface area contributed by atoms with Crippen molar-refractivity contribution in [2.45, 2.75) is 19.8 Å². The molecule has 9 heteroatoms. The van der Waals surface area contributed by atoms with E-state index in [1.54, 1.807) is 19.1 Å². The second-order valence-electron chi connectivity index (χ2n) is 5.07. The number of carbonyl (C=O) groups is 2. The lowest BCUT2D eigenvalue weighted by Gasteiger charge is -2.14. The molecule has 1 aromatic heterocycles. The van der Waals surface area contributed by atoms with Gasteiger partial charge in [0.05, 0.1) is 11.4 Å². The Kier molecular flexibility index (Phi) is 4.15. The zero-order valence-electron chi connectivity index (χ0n) is 12.7. The highest BCUT2D eigenvalue weighted by molar-refractivity contribution is 6.05. The fourth-order valence-electron chi connectivity index (χ4n) is 2.11. The first kappa shape index (κ1) is 15.5. The van der Waals surface area contributed by atoms with Crippen LogP contribution in [0.2, 0.25) is 0 Å². The highest BCUT2D eigenvalue weighted by Crippen LogP contribution is 2.26. The van der Waals surface area contributed by atoms with E-state index in [1.165, 1.54) is 6.07 Å². The summed E-state index contributed by atoms with van der Waals surface area (Å²) in [5.41, 5.74) is 4.29. The average Bonchev–Trinajstić information content (AvgIpc) is 2.95. The number of phenols is 1. The van der Waals surface area contributed by atoms with Crippen LogP contribution in [0, 0.1) is 6.92 Å². The maximum absolute atomic E-state index is 11.9. The van der Waals surface area contributed by atoms with Gasteiger partial charge in [0.1, 0.15) is 11.4 Å². The van der Waals surface area contributed by atoms with Gasteiger partial charge in [-0.3, -0.25) is 10.1 Å². The molecule has 0 atom stereocenters. The third kappa shape index (κ3) is 3.35. The molecule has 0 saturated heterocycles. The number of benzene rings is 1. The number of aryl methyl sites for hydroxylation is 1. The Balaban J connectivity index is 1.75. The third-order valence-electron chi connectivity index (χ3n) is 3.36. The molecule has 0 fully saturated rings. The van der Waals surface area contributed by atoms with Crippen LogP contribution in [0.3, 0.4) is 0 Å². The summed E-state index contributed by atoms with van der Waals surface area (Å²) in [6.45, 7) is 1.62. The standard InChI is InChI=1S/C15H14N4O5/c1-8-14(23-7-16-8)24-15(22)17-11-6-9(2-4-12(11)20)10-3-5-13(21)19-18-10/h2,4,6-7,20H,3,5H2,1H3,(H,17,22)(H,19,21). The van der Waals surface area contributed by atoms with E-state index in [-0.39, 0.29) is 23.3 Å². The number of phenolic OH excluding ortho intramolecular Hbond substituents is 1. The van der Waals surface area contributed by atoms with Crippen LogP contribution in [-0.4, -0.2) is 27.8 Å². The number of aromatic hydroxyl groups is 1. The Morgan fingerprint density at radius 1 is 1.42 bits per heavy atom. The van der Waals surface area contributed by atoms with Crippen molar-refractivity contribution in [2.24, 2.45) is 5.10 Å². The molecule has 0 saturated carbocycles. The van der Waals surface area contributed by atoms with Gasteiger partial charge < -0.3 is 14.3 Å². The van der Waals surface area contributed by atoms with Gasteiger partial charge in [-0.15, -0.1) is 0 Å². The minimum absolute atomic E-state index is 0.0255. The van der Waals surface area contributed by atoms with E-state index < -0.39 is 6.09 Å². The molecular formula is C15H14N4O5. The Bertz CT molecular complexity index is 827. The van der Waals surface area contributed by atoms with Gasteiger partial charge in [0, 0.05) is 18.4 Å². The van der Waals surface area contributed by atoms with E-state index in [0.717, 1.165) is 6.39 Å². The van der Waals surface area contributed by atoms with Gasteiger partial charge in [-0.25, -0.2) is 15.2 Å². The molecule has 124 valence electrons. The molecule has 2 aromatic rings. The Labute approximate surface area is 136 Å². The largest absolute Gasteiger partial charge is 0.506 e. The molecule has 1 aromatic carbocycles. The van der Waals surface area contributed by atoms with Crippen LogP contribution in [0.25, 0.3) is 0 Å². The lowest BCUT2D eigenvalue weighted by Crippen LogP contribution is -2.26. The third-order valence-corrected chi connectivity index (χ3v) is 3.36. The second-order valence-corrected chi connectivity index (χ2v) is 5.07. The minimum atomic E-state index is -0.832. The summed E-state index contributed by atoms with van der Waals surface area (Å²) < 4.78 is 9.88. The Hall–Kier alpha value is -3.36. The molecular weight excluding hydrogens is 316 g/mol. The Morgan fingerprint density at radius 3 is 2.92 bits per heavy atom. The highest BCUT2D eigenvalue weighted by Gasteiger charge is 2.17. The zero-order valence-corrected chi connectivity index (χ0v) is 12.7. The quantitative estimate of drug-likeness (QED) is 0.738. The summed E-state index contributed by atoms with van der Waals surface area (Å²) in [6.07, 6.45) is 1.12. The van der Waals surface area contributed by atoms with Crippen molar-refractivity contribution >= 4 is 23.4 Å². The molecule has 2 amide bonds. The SMILES string of the molecule is Cc1ncoc1OC(=O)Nc1cc(C2=NNC(=O)CC2)ccc1O. The van der Waals surface area contributed by atoms with Crippen LogP contribution in [-0.2, 0) is 4.79 Å². The summed E-state index contributed by atoms with van der Waals surface area (Å²) in [5.74, 6) is -0.310. The Morgan fingerprint density at radius 2 is 2.25 bits per heavy atom. The molecule has 3 N–H and O–H groups in total. The van der Waals surface area contributed by atoms with Gasteiger partial charge in [0.25, 0.3) is 0 Å². The molecule has 0 bridgehead atoms. The number of carbonyl (C=O) groups excluding carboxylic acids is 2. The number of rotatable bonds is 3. The number of nitrogens with one attached hydrogen (secondary N) is 2. The smallest absolute Gasteiger partial charge is 0.419 e.